The summed E-state index contributed by atoms with van der Waals surface area (Å²) in [4.78, 5) is 24.7. The largest absolute Gasteiger partial charge is 0.350 e. The van der Waals surface area contributed by atoms with E-state index in [1.54, 1.807) is 29.6 Å². The van der Waals surface area contributed by atoms with Crippen LogP contribution >= 0.6 is 12.2 Å². The predicted molar refractivity (Wildman–Crippen MR) is 90.3 cm³/mol. The molecule has 1 aromatic carbocycles. The Morgan fingerprint density at radius 1 is 1.48 bits per heavy atom. The molecule has 2 aromatic heterocycles. The first kappa shape index (κ1) is 15.4. The molecular weight excluding hydrogens is 314 g/mol. The lowest BCUT2D eigenvalue weighted by Crippen LogP contribution is -2.32. The van der Waals surface area contributed by atoms with E-state index in [9.17, 15) is 9.59 Å². The van der Waals surface area contributed by atoms with Crippen LogP contribution in [0.4, 0.5) is 0 Å². The van der Waals surface area contributed by atoms with Crippen LogP contribution in [0.1, 0.15) is 30.6 Å². The highest BCUT2D eigenvalue weighted by molar-refractivity contribution is 7.71. The van der Waals surface area contributed by atoms with Crippen LogP contribution in [0.3, 0.4) is 0 Å². The maximum Gasteiger partial charge on any atom is 0.262 e. The number of fused-ring (bicyclic) bond motifs is 3. The Morgan fingerprint density at radius 2 is 2.22 bits per heavy atom. The van der Waals surface area contributed by atoms with Gasteiger partial charge < -0.3 is 5.32 Å². The molecule has 0 saturated heterocycles. The number of aromatic amines is 1. The van der Waals surface area contributed by atoms with E-state index in [1.807, 2.05) is 13.8 Å². The van der Waals surface area contributed by atoms with Gasteiger partial charge in [-0.3, -0.25) is 18.6 Å². The van der Waals surface area contributed by atoms with E-state index in [-0.39, 0.29) is 17.5 Å². The topological polar surface area (TPSA) is 84.2 Å². The second-order valence-electron chi connectivity index (χ2n) is 5.54. The maximum atomic E-state index is 12.4. The van der Waals surface area contributed by atoms with Crippen LogP contribution in [0.15, 0.2) is 23.0 Å². The Morgan fingerprint density at radius 3 is 2.91 bits per heavy atom. The molecule has 0 aliphatic carbocycles. The summed E-state index contributed by atoms with van der Waals surface area (Å²) in [5, 5.41) is 10.2. The number of aryl methyl sites for hydroxylation is 1. The molecular formula is C15H17N5O2S. The zero-order chi connectivity index (χ0) is 16.7. The number of aromatic nitrogens is 4. The van der Waals surface area contributed by atoms with Gasteiger partial charge in [0.05, 0.1) is 10.9 Å². The van der Waals surface area contributed by atoms with Crippen molar-refractivity contribution < 1.29 is 4.79 Å². The van der Waals surface area contributed by atoms with Gasteiger partial charge in [-0.1, -0.05) is 6.92 Å². The summed E-state index contributed by atoms with van der Waals surface area (Å²) in [7, 11) is 1.64. The molecule has 0 radical (unpaired) electrons. The molecule has 2 heterocycles. The first-order chi connectivity index (χ1) is 10.9. The summed E-state index contributed by atoms with van der Waals surface area (Å²) in [6, 6.07) is 5.05. The van der Waals surface area contributed by atoms with Crippen LogP contribution in [0.25, 0.3) is 16.7 Å². The molecule has 23 heavy (non-hydrogen) atoms. The third kappa shape index (κ3) is 2.44. The number of amides is 1. The molecule has 3 aromatic rings. The van der Waals surface area contributed by atoms with Crippen molar-refractivity contribution in [3.8, 4) is 0 Å². The Bertz CT molecular complexity index is 1030. The van der Waals surface area contributed by atoms with Gasteiger partial charge in [0.1, 0.15) is 0 Å². The van der Waals surface area contributed by atoms with Crippen molar-refractivity contribution in [3.63, 3.8) is 0 Å². The highest BCUT2D eigenvalue weighted by Gasteiger charge is 2.14. The van der Waals surface area contributed by atoms with Crippen molar-refractivity contribution in [1.29, 1.82) is 0 Å². The molecule has 1 amide bonds. The minimum atomic E-state index is -0.185. The standard InChI is InChI=1S/C15H17N5O2S/c1-4-8(2)16-12(21)9-5-6-10-11(7-9)20-14(17-18-15(20)23)19(3)13(10)22/h5-8H,4H2,1-3H3,(H,16,21)(H,18,23)/t8-/m1/s1. The second-order valence-corrected chi connectivity index (χ2v) is 5.93. The highest BCUT2D eigenvalue weighted by atomic mass is 32.1. The number of carbonyl (C=O) groups is 1. The van der Waals surface area contributed by atoms with Crippen LogP contribution in [0.2, 0.25) is 0 Å². The molecule has 0 saturated carbocycles. The number of hydrogen-bond acceptors (Lipinski definition) is 4. The molecule has 3 rings (SSSR count). The van der Waals surface area contributed by atoms with E-state index in [2.05, 4.69) is 15.5 Å². The number of rotatable bonds is 3. The van der Waals surface area contributed by atoms with Gasteiger partial charge in [-0.05, 0) is 43.8 Å². The quantitative estimate of drug-likeness (QED) is 0.717. The molecule has 2 N–H and O–H groups in total. The van der Waals surface area contributed by atoms with Gasteiger partial charge in [-0.25, -0.2) is 5.10 Å². The molecule has 7 nitrogen and oxygen atoms in total. The lowest BCUT2D eigenvalue weighted by atomic mass is 10.1. The lowest BCUT2D eigenvalue weighted by Gasteiger charge is -2.12. The molecule has 1 atom stereocenters. The lowest BCUT2D eigenvalue weighted by molar-refractivity contribution is 0.0939. The van der Waals surface area contributed by atoms with Gasteiger partial charge in [-0.15, -0.1) is 5.10 Å². The zero-order valence-electron chi connectivity index (χ0n) is 13.1. The van der Waals surface area contributed by atoms with E-state index in [1.165, 1.54) is 4.57 Å². The monoisotopic (exact) mass is 331 g/mol. The first-order valence-electron chi connectivity index (χ1n) is 7.34. The molecule has 120 valence electrons. The molecule has 0 bridgehead atoms. The summed E-state index contributed by atoms with van der Waals surface area (Å²) < 4.78 is 3.46. The Balaban J connectivity index is 2.27. The number of nitrogens with one attached hydrogen (secondary N) is 2. The Hall–Kier alpha value is -2.48. The van der Waals surface area contributed by atoms with E-state index in [0.29, 0.717) is 27.0 Å². The summed E-state index contributed by atoms with van der Waals surface area (Å²) in [6.07, 6.45) is 0.844. The van der Waals surface area contributed by atoms with Crippen LogP contribution in [0.5, 0.6) is 0 Å². The van der Waals surface area contributed by atoms with Crippen molar-refractivity contribution in [2.24, 2.45) is 7.05 Å². The van der Waals surface area contributed by atoms with Crippen molar-refractivity contribution in [2.75, 3.05) is 0 Å². The number of nitrogens with zero attached hydrogens (tertiary/aromatic N) is 3. The average molecular weight is 331 g/mol. The van der Waals surface area contributed by atoms with E-state index < -0.39 is 0 Å². The van der Waals surface area contributed by atoms with Gasteiger partial charge in [0.15, 0.2) is 0 Å². The second kappa shape index (κ2) is 5.62. The van der Waals surface area contributed by atoms with E-state index in [0.717, 1.165) is 6.42 Å². The Kier molecular flexibility index (Phi) is 3.77. The Labute approximate surface area is 136 Å². The fourth-order valence-electron chi connectivity index (χ4n) is 2.45. The van der Waals surface area contributed by atoms with Crippen LogP contribution < -0.4 is 10.9 Å². The molecule has 8 heteroatoms. The third-order valence-electron chi connectivity index (χ3n) is 3.98. The van der Waals surface area contributed by atoms with Crippen LogP contribution in [-0.4, -0.2) is 31.1 Å². The van der Waals surface area contributed by atoms with Crippen molar-refractivity contribution in [3.05, 3.63) is 38.9 Å². The van der Waals surface area contributed by atoms with Gasteiger partial charge in [0.2, 0.25) is 10.5 Å². The first-order valence-corrected chi connectivity index (χ1v) is 7.75. The van der Waals surface area contributed by atoms with Crippen LogP contribution in [-0.2, 0) is 7.05 Å². The number of carbonyl (C=O) groups excluding carboxylic acids is 1. The van der Waals surface area contributed by atoms with Crippen LogP contribution in [0, 0.1) is 4.77 Å². The van der Waals surface area contributed by atoms with Gasteiger partial charge in [0.25, 0.3) is 11.5 Å². The minimum Gasteiger partial charge on any atom is -0.350 e. The number of H-pyrrole nitrogens is 1. The van der Waals surface area contributed by atoms with Gasteiger partial charge >= 0.3 is 0 Å². The predicted octanol–water partition coefficient (Wildman–Crippen LogP) is 1.77. The average Bonchev–Trinajstić information content (AvgIpc) is 2.94. The normalized spacial score (nSPS) is 12.7. The summed E-state index contributed by atoms with van der Waals surface area (Å²) in [6.45, 7) is 3.95. The SMILES string of the molecule is CC[C@@H](C)NC(=O)c1ccc2c(=O)n(C)c3n[nH]c(=S)n3c2c1. The fourth-order valence-corrected chi connectivity index (χ4v) is 2.68. The molecule has 0 unspecified atom stereocenters. The van der Waals surface area contributed by atoms with Crippen molar-refractivity contribution in [2.45, 2.75) is 26.3 Å². The summed E-state index contributed by atoms with van der Waals surface area (Å²) in [5.41, 5.74) is 0.865. The molecule has 0 spiro atoms. The zero-order valence-corrected chi connectivity index (χ0v) is 13.9. The maximum absolute atomic E-state index is 12.4. The fraction of sp³-hybridized carbons (Fsp3) is 0.333. The summed E-state index contributed by atoms with van der Waals surface area (Å²) in [5.74, 6) is 0.233. The molecule has 0 aliphatic heterocycles. The minimum absolute atomic E-state index is 0.0814. The van der Waals surface area contributed by atoms with E-state index in [4.69, 9.17) is 12.2 Å². The molecule has 0 aliphatic rings. The van der Waals surface area contributed by atoms with E-state index >= 15 is 0 Å². The van der Waals surface area contributed by atoms with Gasteiger partial charge in [0, 0.05) is 18.7 Å². The number of benzene rings is 1. The smallest absolute Gasteiger partial charge is 0.262 e. The van der Waals surface area contributed by atoms with Gasteiger partial charge in [-0.2, -0.15) is 0 Å². The third-order valence-corrected chi connectivity index (χ3v) is 4.25. The molecule has 0 fully saturated rings. The van der Waals surface area contributed by atoms with Crippen molar-refractivity contribution >= 4 is 34.8 Å². The highest BCUT2D eigenvalue weighted by Crippen LogP contribution is 2.15. The number of hydrogen-bond donors (Lipinski definition) is 2. The van der Waals surface area contributed by atoms with Crippen molar-refractivity contribution in [1.82, 2.24) is 24.5 Å². The summed E-state index contributed by atoms with van der Waals surface area (Å²) >= 11 is 5.24.